The molecule has 2 fully saturated rings. The number of hydrogen-bond acceptors (Lipinski definition) is 4. The van der Waals surface area contributed by atoms with Gasteiger partial charge in [0.25, 0.3) is 5.91 Å². The summed E-state index contributed by atoms with van der Waals surface area (Å²) in [5.74, 6) is 3.02. The fraction of sp³-hybridized carbons (Fsp3) is 0.667. The number of carbonyl (C=O) groups excluding carboxylic acids is 1. The summed E-state index contributed by atoms with van der Waals surface area (Å²) in [7, 11) is 0. The molecule has 3 heterocycles. The Labute approximate surface area is 156 Å². The highest BCUT2D eigenvalue weighted by atomic mass is 16.6. The van der Waals surface area contributed by atoms with Crippen molar-refractivity contribution in [3.63, 3.8) is 0 Å². The lowest BCUT2D eigenvalue weighted by Gasteiger charge is -2.38. The fourth-order valence-electron chi connectivity index (χ4n) is 4.37. The summed E-state index contributed by atoms with van der Waals surface area (Å²) in [6.45, 7) is 8.78. The lowest BCUT2D eigenvalue weighted by Crippen LogP contribution is -2.45. The van der Waals surface area contributed by atoms with Crippen molar-refractivity contribution in [3.8, 4) is 11.5 Å². The maximum Gasteiger partial charge on any atom is 0.254 e. The maximum absolute atomic E-state index is 13.0. The first-order valence-electron chi connectivity index (χ1n) is 10.1. The molecule has 1 aromatic carbocycles. The third-order valence-corrected chi connectivity index (χ3v) is 5.99. The lowest BCUT2D eigenvalue weighted by atomic mass is 9.94. The van der Waals surface area contributed by atoms with Gasteiger partial charge in [0.1, 0.15) is 13.2 Å². The summed E-state index contributed by atoms with van der Waals surface area (Å²) in [5.41, 5.74) is 0.710. The number of fused-ring (bicyclic) bond motifs is 1. The number of benzene rings is 1. The molecule has 1 aromatic rings. The van der Waals surface area contributed by atoms with Gasteiger partial charge in [-0.15, -0.1) is 0 Å². The number of rotatable bonds is 3. The molecule has 2 saturated heterocycles. The average molecular weight is 358 g/mol. The van der Waals surface area contributed by atoms with Crippen LogP contribution in [0.3, 0.4) is 0 Å². The predicted octanol–water partition coefficient (Wildman–Crippen LogP) is 3.04. The standard InChI is InChI=1S/C21H30N2O3/c1-16-6-9-22(10-7-16)14-17-3-2-8-23(15-17)21(24)18-4-5-19-20(13-18)26-12-11-25-19/h4-5,13,16-17H,2-3,6-12,14-15H2,1H3/t17-/m1/s1. The van der Waals surface area contributed by atoms with E-state index in [1.165, 1.54) is 32.4 Å². The van der Waals surface area contributed by atoms with E-state index >= 15 is 0 Å². The largest absolute Gasteiger partial charge is 0.486 e. The first-order chi connectivity index (χ1) is 12.7. The third-order valence-electron chi connectivity index (χ3n) is 5.99. The number of likely N-dealkylation sites (tertiary alicyclic amines) is 2. The van der Waals surface area contributed by atoms with Gasteiger partial charge in [-0.1, -0.05) is 6.92 Å². The maximum atomic E-state index is 13.0. The SMILES string of the molecule is CC1CCN(C[C@H]2CCCN(C(=O)c3ccc4c(c3)OCCO4)C2)CC1. The van der Waals surface area contributed by atoms with Crippen molar-refractivity contribution in [1.82, 2.24) is 9.80 Å². The molecule has 0 aliphatic carbocycles. The smallest absolute Gasteiger partial charge is 0.254 e. The second-order valence-corrected chi connectivity index (χ2v) is 8.10. The van der Waals surface area contributed by atoms with Crippen LogP contribution >= 0.6 is 0 Å². The van der Waals surface area contributed by atoms with E-state index in [0.717, 1.165) is 37.7 Å². The van der Waals surface area contributed by atoms with Crippen LogP contribution < -0.4 is 9.47 Å². The Bertz CT molecular complexity index is 640. The van der Waals surface area contributed by atoms with Crippen LogP contribution in [0.15, 0.2) is 18.2 Å². The van der Waals surface area contributed by atoms with Gasteiger partial charge < -0.3 is 19.3 Å². The summed E-state index contributed by atoms with van der Waals surface area (Å²) in [4.78, 5) is 17.6. The summed E-state index contributed by atoms with van der Waals surface area (Å²) in [6.07, 6.45) is 4.96. The van der Waals surface area contributed by atoms with Crippen LogP contribution in [-0.4, -0.2) is 61.6 Å². The van der Waals surface area contributed by atoms with Gasteiger partial charge in [0.05, 0.1) is 0 Å². The second kappa shape index (κ2) is 7.87. The number of nitrogens with zero attached hydrogens (tertiary/aromatic N) is 2. The van der Waals surface area contributed by atoms with E-state index in [4.69, 9.17) is 9.47 Å². The van der Waals surface area contributed by atoms with Gasteiger partial charge in [0.2, 0.25) is 0 Å². The summed E-state index contributed by atoms with van der Waals surface area (Å²) >= 11 is 0. The van der Waals surface area contributed by atoms with Crippen LogP contribution in [0.5, 0.6) is 11.5 Å². The van der Waals surface area contributed by atoms with Crippen LogP contribution in [0.1, 0.15) is 43.0 Å². The zero-order valence-corrected chi connectivity index (χ0v) is 15.8. The molecule has 26 heavy (non-hydrogen) atoms. The Morgan fingerprint density at radius 3 is 2.65 bits per heavy atom. The minimum atomic E-state index is 0.124. The fourth-order valence-corrected chi connectivity index (χ4v) is 4.37. The first kappa shape index (κ1) is 17.7. The number of amides is 1. The molecule has 0 radical (unpaired) electrons. The summed E-state index contributed by atoms with van der Waals surface area (Å²) in [6, 6.07) is 5.57. The highest BCUT2D eigenvalue weighted by Gasteiger charge is 2.27. The van der Waals surface area contributed by atoms with Gasteiger partial charge >= 0.3 is 0 Å². The number of ether oxygens (including phenoxy) is 2. The minimum absolute atomic E-state index is 0.124. The van der Waals surface area contributed by atoms with Crippen molar-refractivity contribution in [3.05, 3.63) is 23.8 Å². The van der Waals surface area contributed by atoms with Crippen molar-refractivity contribution in [2.75, 3.05) is 45.9 Å². The Kier molecular flexibility index (Phi) is 5.34. The van der Waals surface area contributed by atoms with Gasteiger partial charge in [-0.25, -0.2) is 0 Å². The normalized spacial score (nSPS) is 24.5. The molecule has 1 atom stereocenters. The van der Waals surface area contributed by atoms with Crippen LogP contribution in [-0.2, 0) is 0 Å². The molecular formula is C21H30N2O3. The van der Waals surface area contributed by atoms with Gasteiger partial charge in [-0.3, -0.25) is 4.79 Å². The van der Waals surface area contributed by atoms with Gasteiger partial charge in [-0.05, 0) is 68.8 Å². The van der Waals surface area contributed by atoms with E-state index in [1.807, 2.05) is 23.1 Å². The van der Waals surface area contributed by atoms with E-state index < -0.39 is 0 Å². The number of carbonyl (C=O) groups is 1. The highest BCUT2D eigenvalue weighted by molar-refractivity contribution is 5.95. The monoisotopic (exact) mass is 358 g/mol. The zero-order chi connectivity index (χ0) is 17.9. The molecule has 0 saturated carbocycles. The van der Waals surface area contributed by atoms with Gasteiger partial charge in [-0.2, -0.15) is 0 Å². The van der Waals surface area contributed by atoms with Crippen LogP contribution in [0.2, 0.25) is 0 Å². The van der Waals surface area contributed by atoms with Crippen LogP contribution in [0, 0.1) is 11.8 Å². The van der Waals surface area contributed by atoms with Crippen LogP contribution in [0.4, 0.5) is 0 Å². The first-order valence-corrected chi connectivity index (χ1v) is 10.1. The summed E-state index contributed by atoms with van der Waals surface area (Å²) in [5, 5.41) is 0. The van der Waals surface area contributed by atoms with Crippen molar-refractivity contribution >= 4 is 5.91 Å². The molecule has 0 aromatic heterocycles. The Balaban J connectivity index is 1.37. The molecule has 0 N–H and O–H groups in total. The molecule has 1 amide bonds. The topological polar surface area (TPSA) is 42.0 Å². The average Bonchev–Trinajstić information content (AvgIpc) is 2.69. The van der Waals surface area contributed by atoms with E-state index in [0.29, 0.717) is 30.4 Å². The quantitative estimate of drug-likeness (QED) is 0.833. The van der Waals surface area contributed by atoms with Crippen LogP contribution in [0.25, 0.3) is 0 Å². The predicted molar refractivity (Wildman–Crippen MR) is 101 cm³/mol. The highest BCUT2D eigenvalue weighted by Crippen LogP contribution is 2.31. The van der Waals surface area contributed by atoms with E-state index in [2.05, 4.69) is 11.8 Å². The molecule has 0 spiro atoms. The molecule has 142 valence electrons. The molecular weight excluding hydrogens is 328 g/mol. The second-order valence-electron chi connectivity index (χ2n) is 8.10. The van der Waals surface area contributed by atoms with Crippen molar-refractivity contribution in [2.24, 2.45) is 11.8 Å². The molecule has 5 heteroatoms. The van der Waals surface area contributed by atoms with E-state index in [1.54, 1.807) is 0 Å². The molecule has 0 unspecified atom stereocenters. The number of hydrogen-bond donors (Lipinski definition) is 0. The van der Waals surface area contributed by atoms with Gasteiger partial charge in [0.15, 0.2) is 11.5 Å². The molecule has 3 aliphatic heterocycles. The molecule has 5 nitrogen and oxygen atoms in total. The van der Waals surface area contributed by atoms with Gasteiger partial charge in [0, 0.05) is 25.2 Å². The van der Waals surface area contributed by atoms with Crippen molar-refractivity contribution in [2.45, 2.75) is 32.6 Å². The minimum Gasteiger partial charge on any atom is -0.486 e. The Morgan fingerprint density at radius 2 is 1.85 bits per heavy atom. The van der Waals surface area contributed by atoms with Crippen molar-refractivity contribution < 1.29 is 14.3 Å². The number of piperidine rings is 2. The zero-order valence-electron chi connectivity index (χ0n) is 15.8. The summed E-state index contributed by atoms with van der Waals surface area (Å²) < 4.78 is 11.2. The lowest BCUT2D eigenvalue weighted by molar-refractivity contribution is 0.0621. The van der Waals surface area contributed by atoms with Crippen molar-refractivity contribution in [1.29, 1.82) is 0 Å². The third kappa shape index (κ3) is 3.98. The Hall–Kier alpha value is -1.75. The Morgan fingerprint density at radius 1 is 1.08 bits per heavy atom. The molecule has 4 rings (SSSR count). The molecule has 0 bridgehead atoms. The van der Waals surface area contributed by atoms with E-state index in [-0.39, 0.29) is 5.91 Å². The van der Waals surface area contributed by atoms with E-state index in [9.17, 15) is 4.79 Å². The molecule has 3 aliphatic rings.